The molecule has 2 rings (SSSR count). The van der Waals surface area contributed by atoms with Gasteiger partial charge in [0.1, 0.15) is 0 Å². The van der Waals surface area contributed by atoms with E-state index in [2.05, 4.69) is 15.8 Å². The number of halogens is 1. The van der Waals surface area contributed by atoms with Gasteiger partial charge >= 0.3 is 11.8 Å². The van der Waals surface area contributed by atoms with Crippen molar-refractivity contribution in [3.8, 4) is 11.5 Å². The zero-order valence-corrected chi connectivity index (χ0v) is 13.6. The van der Waals surface area contributed by atoms with E-state index in [1.807, 2.05) is 6.92 Å². The largest absolute Gasteiger partial charge is 0.493 e. The number of carbonyl (C=O) groups is 2. The van der Waals surface area contributed by atoms with Gasteiger partial charge in [-0.1, -0.05) is 11.6 Å². The summed E-state index contributed by atoms with van der Waals surface area (Å²) in [6.45, 7) is 2.29. The maximum absolute atomic E-state index is 11.5. The molecule has 0 aliphatic heterocycles. The zero-order valence-electron chi connectivity index (χ0n) is 12.9. The van der Waals surface area contributed by atoms with Crippen molar-refractivity contribution in [3.63, 3.8) is 0 Å². The Bertz CT molecular complexity index is 629. The molecular weight excluding hydrogens is 322 g/mol. The van der Waals surface area contributed by atoms with E-state index in [9.17, 15) is 9.59 Å². The molecule has 0 saturated heterocycles. The average Bonchev–Trinajstić information content (AvgIpc) is 3.33. The Labute approximate surface area is 139 Å². The molecule has 0 atom stereocenters. The highest BCUT2D eigenvalue weighted by atomic mass is 35.5. The number of hydrazone groups is 1. The van der Waals surface area contributed by atoms with Crippen LogP contribution in [-0.2, 0) is 9.59 Å². The van der Waals surface area contributed by atoms with E-state index in [1.54, 1.807) is 12.1 Å². The normalized spacial score (nSPS) is 13.7. The number of nitrogens with one attached hydrogen (secondary N) is 2. The second kappa shape index (κ2) is 7.82. The molecule has 2 amide bonds. The number of carbonyl (C=O) groups excluding carboxylic acids is 2. The number of ether oxygens (including phenoxy) is 2. The number of amides is 2. The van der Waals surface area contributed by atoms with Gasteiger partial charge in [0.05, 0.1) is 25.0 Å². The van der Waals surface area contributed by atoms with Crippen molar-refractivity contribution in [2.45, 2.75) is 25.8 Å². The van der Waals surface area contributed by atoms with Crippen LogP contribution in [-0.4, -0.2) is 37.8 Å². The summed E-state index contributed by atoms with van der Waals surface area (Å²) in [6, 6.07) is 3.40. The lowest BCUT2D eigenvalue weighted by Gasteiger charge is -2.11. The summed E-state index contributed by atoms with van der Waals surface area (Å²) in [5.41, 5.74) is 2.76. The summed E-state index contributed by atoms with van der Waals surface area (Å²) in [5.74, 6) is -0.593. The summed E-state index contributed by atoms with van der Waals surface area (Å²) >= 11 is 6.13. The van der Waals surface area contributed by atoms with Crippen LogP contribution in [0.2, 0.25) is 5.02 Å². The van der Waals surface area contributed by atoms with Crippen LogP contribution in [0.3, 0.4) is 0 Å². The van der Waals surface area contributed by atoms with Crippen molar-refractivity contribution in [3.05, 3.63) is 22.7 Å². The Morgan fingerprint density at radius 3 is 2.74 bits per heavy atom. The van der Waals surface area contributed by atoms with Crippen molar-refractivity contribution >= 4 is 29.6 Å². The van der Waals surface area contributed by atoms with Crippen LogP contribution >= 0.6 is 11.6 Å². The number of hydrogen-bond acceptors (Lipinski definition) is 5. The zero-order chi connectivity index (χ0) is 16.8. The number of benzene rings is 1. The first-order chi connectivity index (χ1) is 11.0. The molecule has 1 fully saturated rings. The van der Waals surface area contributed by atoms with Gasteiger partial charge in [0.15, 0.2) is 11.5 Å². The molecule has 0 heterocycles. The van der Waals surface area contributed by atoms with Crippen molar-refractivity contribution in [1.29, 1.82) is 0 Å². The minimum Gasteiger partial charge on any atom is -0.493 e. The lowest BCUT2D eigenvalue weighted by atomic mass is 10.2. The molecule has 124 valence electrons. The molecule has 2 N–H and O–H groups in total. The number of hydrogen-bond donors (Lipinski definition) is 2. The number of nitrogens with zero attached hydrogens (tertiary/aromatic N) is 1. The Morgan fingerprint density at radius 1 is 1.39 bits per heavy atom. The minimum absolute atomic E-state index is 0.117. The van der Waals surface area contributed by atoms with Crippen LogP contribution in [0, 0.1) is 0 Å². The lowest BCUT2D eigenvalue weighted by molar-refractivity contribution is -0.139. The quantitative estimate of drug-likeness (QED) is 0.466. The molecule has 1 saturated carbocycles. The van der Waals surface area contributed by atoms with Crippen LogP contribution < -0.4 is 20.2 Å². The molecule has 1 aromatic rings. The first kappa shape index (κ1) is 17.1. The van der Waals surface area contributed by atoms with Crippen LogP contribution in [0.4, 0.5) is 0 Å². The van der Waals surface area contributed by atoms with Gasteiger partial charge in [0.2, 0.25) is 0 Å². The summed E-state index contributed by atoms with van der Waals surface area (Å²) in [5, 5.41) is 6.68. The Balaban J connectivity index is 1.99. The molecule has 0 bridgehead atoms. The van der Waals surface area contributed by atoms with Crippen molar-refractivity contribution < 1.29 is 19.1 Å². The standard InChI is InChI=1S/C15H18ClN3O4/c1-3-23-13-11(16)6-9(7-12(13)22-2)8-17-19-15(21)14(20)18-10-4-5-10/h6-8,10H,3-5H2,1-2H3,(H,18,20)(H,19,21)/b17-8-. The summed E-state index contributed by atoms with van der Waals surface area (Å²) in [7, 11) is 1.50. The molecule has 1 aliphatic rings. The Morgan fingerprint density at radius 2 is 2.13 bits per heavy atom. The molecule has 1 aromatic carbocycles. The fourth-order valence-corrected chi connectivity index (χ4v) is 2.07. The van der Waals surface area contributed by atoms with Gasteiger partial charge in [-0.25, -0.2) is 5.43 Å². The molecule has 0 spiro atoms. The first-order valence-corrected chi connectivity index (χ1v) is 7.57. The smallest absolute Gasteiger partial charge is 0.329 e. The topological polar surface area (TPSA) is 89.0 Å². The highest BCUT2D eigenvalue weighted by Crippen LogP contribution is 2.35. The van der Waals surface area contributed by atoms with Gasteiger partial charge in [-0.05, 0) is 37.5 Å². The van der Waals surface area contributed by atoms with Gasteiger partial charge < -0.3 is 14.8 Å². The number of methoxy groups -OCH3 is 1. The first-order valence-electron chi connectivity index (χ1n) is 7.19. The lowest BCUT2D eigenvalue weighted by Crippen LogP contribution is -2.38. The van der Waals surface area contributed by atoms with Crippen LogP contribution in [0.1, 0.15) is 25.3 Å². The predicted octanol–water partition coefficient (Wildman–Crippen LogP) is 1.48. The van der Waals surface area contributed by atoms with Crippen LogP contribution in [0.5, 0.6) is 11.5 Å². The molecule has 0 radical (unpaired) electrons. The summed E-state index contributed by atoms with van der Waals surface area (Å²) < 4.78 is 10.6. The van der Waals surface area contributed by atoms with E-state index in [0.717, 1.165) is 12.8 Å². The Hall–Kier alpha value is -2.28. The SMILES string of the molecule is CCOc1c(Cl)cc(/C=N\NC(=O)C(=O)NC2CC2)cc1OC. The molecule has 1 aliphatic carbocycles. The maximum Gasteiger partial charge on any atom is 0.329 e. The van der Waals surface area contributed by atoms with Crippen molar-refractivity contribution in [1.82, 2.24) is 10.7 Å². The fourth-order valence-electron chi connectivity index (χ4n) is 1.79. The third-order valence-electron chi connectivity index (χ3n) is 3.04. The molecule has 7 nitrogen and oxygen atoms in total. The molecule has 8 heteroatoms. The minimum atomic E-state index is -0.808. The van der Waals surface area contributed by atoms with Gasteiger partial charge in [0, 0.05) is 6.04 Å². The van der Waals surface area contributed by atoms with Gasteiger partial charge in [-0.3, -0.25) is 9.59 Å². The monoisotopic (exact) mass is 339 g/mol. The van der Waals surface area contributed by atoms with E-state index < -0.39 is 11.8 Å². The van der Waals surface area contributed by atoms with Crippen molar-refractivity contribution in [2.24, 2.45) is 5.10 Å². The van der Waals surface area contributed by atoms with E-state index in [-0.39, 0.29) is 6.04 Å². The van der Waals surface area contributed by atoms with Gasteiger partial charge in [0.25, 0.3) is 0 Å². The third kappa shape index (κ3) is 4.85. The van der Waals surface area contributed by atoms with E-state index in [0.29, 0.717) is 28.7 Å². The highest BCUT2D eigenvalue weighted by molar-refractivity contribution is 6.35. The Kier molecular flexibility index (Phi) is 5.81. The van der Waals surface area contributed by atoms with E-state index in [4.69, 9.17) is 21.1 Å². The van der Waals surface area contributed by atoms with E-state index in [1.165, 1.54) is 13.3 Å². The van der Waals surface area contributed by atoms with E-state index >= 15 is 0 Å². The second-order valence-corrected chi connectivity index (χ2v) is 5.32. The summed E-state index contributed by atoms with van der Waals surface area (Å²) in [6.07, 6.45) is 3.19. The van der Waals surface area contributed by atoms with Crippen LogP contribution in [0.25, 0.3) is 0 Å². The third-order valence-corrected chi connectivity index (χ3v) is 3.32. The second-order valence-electron chi connectivity index (χ2n) is 4.91. The highest BCUT2D eigenvalue weighted by Gasteiger charge is 2.26. The predicted molar refractivity (Wildman–Crippen MR) is 86.1 cm³/mol. The molecule has 0 unspecified atom stereocenters. The van der Waals surface area contributed by atoms with Gasteiger partial charge in [-0.2, -0.15) is 5.10 Å². The number of rotatable bonds is 6. The molecule has 23 heavy (non-hydrogen) atoms. The van der Waals surface area contributed by atoms with Crippen molar-refractivity contribution in [2.75, 3.05) is 13.7 Å². The van der Waals surface area contributed by atoms with Gasteiger partial charge in [-0.15, -0.1) is 0 Å². The maximum atomic E-state index is 11.5. The summed E-state index contributed by atoms with van der Waals surface area (Å²) in [4.78, 5) is 23.0. The fraction of sp³-hybridized carbons (Fsp3) is 0.400. The average molecular weight is 340 g/mol. The molecule has 0 aromatic heterocycles. The van der Waals surface area contributed by atoms with Crippen LogP contribution in [0.15, 0.2) is 17.2 Å². The molecular formula is C15H18ClN3O4.